The van der Waals surface area contributed by atoms with E-state index in [0.29, 0.717) is 19.4 Å². The largest absolute Gasteiger partial charge is 0.466 e. The number of ether oxygens (including phenoxy) is 1. The molecule has 0 aromatic carbocycles. The third-order valence-electron chi connectivity index (χ3n) is 14.1. The molecule has 6 nitrogen and oxygen atoms in total. The van der Waals surface area contributed by atoms with Crippen LogP contribution in [0.3, 0.4) is 0 Å². The molecule has 69 heavy (non-hydrogen) atoms. The van der Waals surface area contributed by atoms with Crippen molar-refractivity contribution in [1.82, 2.24) is 5.32 Å². The Kier molecular flexibility index (Phi) is 57.0. The van der Waals surface area contributed by atoms with Gasteiger partial charge in [-0.2, -0.15) is 0 Å². The van der Waals surface area contributed by atoms with E-state index in [0.717, 1.165) is 51.4 Å². The Bertz CT molecular complexity index is 1120. The Hall–Kier alpha value is -1.92. The lowest BCUT2D eigenvalue weighted by Crippen LogP contribution is -2.45. The highest BCUT2D eigenvalue weighted by Gasteiger charge is 2.18. The number of unbranched alkanes of at least 4 members (excludes halogenated alkanes) is 42. The van der Waals surface area contributed by atoms with Crippen LogP contribution < -0.4 is 5.32 Å². The number of nitrogens with one attached hydrogen (secondary N) is 1. The van der Waals surface area contributed by atoms with E-state index in [2.05, 4.69) is 43.5 Å². The van der Waals surface area contributed by atoms with E-state index in [1.165, 1.54) is 250 Å². The van der Waals surface area contributed by atoms with Gasteiger partial charge in [-0.05, 0) is 57.8 Å². The summed E-state index contributed by atoms with van der Waals surface area (Å²) in [5.41, 5.74) is 0. The number of allylic oxidation sites excluding steroid dienone is 5. The molecule has 0 heterocycles. The Morgan fingerprint density at radius 2 is 0.754 bits per heavy atom. The predicted molar refractivity (Wildman–Crippen MR) is 301 cm³/mol. The third kappa shape index (κ3) is 55.2. The number of carbonyl (C=O) groups excluding carboxylic acids is 2. The molecule has 3 N–H and O–H groups in total. The lowest BCUT2D eigenvalue weighted by molar-refractivity contribution is -0.143. The number of amides is 1. The predicted octanol–water partition coefficient (Wildman–Crippen LogP) is 19.2. The van der Waals surface area contributed by atoms with Gasteiger partial charge in [-0.15, -0.1) is 0 Å². The van der Waals surface area contributed by atoms with Crippen molar-refractivity contribution in [3.63, 3.8) is 0 Å². The number of aliphatic hydroxyl groups excluding tert-OH is 2. The Morgan fingerprint density at radius 3 is 1.16 bits per heavy atom. The lowest BCUT2D eigenvalue weighted by Gasteiger charge is -2.20. The molecule has 0 aromatic rings. The van der Waals surface area contributed by atoms with Crippen molar-refractivity contribution in [1.29, 1.82) is 0 Å². The number of carbonyl (C=O) groups is 2. The molecule has 2 atom stereocenters. The van der Waals surface area contributed by atoms with Crippen LogP contribution in [0, 0.1) is 0 Å². The second kappa shape index (κ2) is 58.6. The second-order valence-corrected chi connectivity index (χ2v) is 21.0. The Labute approximate surface area is 430 Å². The highest BCUT2D eigenvalue weighted by molar-refractivity contribution is 5.76. The molecule has 0 saturated carbocycles. The molecule has 6 heteroatoms. The van der Waals surface area contributed by atoms with Gasteiger partial charge in [0.1, 0.15) is 0 Å². The van der Waals surface area contributed by atoms with Gasteiger partial charge in [-0.1, -0.05) is 294 Å². The maximum Gasteiger partial charge on any atom is 0.305 e. The Balaban J connectivity index is 3.46. The summed E-state index contributed by atoms with van der Waals surface area (Å²) in [6, 6.07) is -0.634. The molecule has 0 rings (SSSR count). The van der Waals surface area contributed by atoms with Crippen LogP contribution in [0.25, 0.3) is 0 Å². The van der Waals surface area contributed by atoms with Crippen molar-refractivity contribution < 1.29 is 24.5 Å². The molecule has 0 radical (unpaired) electrons. The molecule has 1 amide bonds. The van der Waals surface area contributed by atoms with E-state index in [1.807, 2.05) is 6.08 Å². The molecule has 0 aliphatic rings. The highest BCUT2D eigenvalue weighted by atomic mass is 16.5. The van der Waals surface area contributed by atoms with Gasteiger partial charge in [-0.25, -0.2) is 0 Å². The molecule has 2 unspecified atom stereocenters. The average Bonchev–Trinajstić information content (AvgIpc) is 3.35. The summed E-state index contributed by atoms with van der Waals surface area (Å²) < 4.78 is 5.46. The first-order valence-electron chi connectivity index (χ1n) is 30.8. The molecule has 0 aromatic heterocycles. The Morgan fingerprint density at radius 1 is 0.406 bits per heavy atom. The fourth-order valence-electron chi connectivity index (χ4n) is 9.44. The zero-order valence-electron chi connectivity index (χ0n) is 46.3. The highest BCUT2D eigenvalue weighted by Crippen LogP contribution is 2.17. The second-order valence-electron chi connectivity index (χ2n) is 21.0. The van der Waals surface area contributed by atoms with Crippen LogP contribution in [0.4, 0.5) is 0 Å². The van der Waals surface area contributed by atoms with Gasteiger partial charge in [0.25, 0.3) is 0 Å². The maximum absolute atomic E-state index is 12.5. The zero-order valence-corrected chi connectivity index (χ0v) is 46.3. The fourth-order valence-corrected chi connectivity index (χ4v) is 9.44. The van der Waals surface area contributed by atoms with E-state index in [1.54, 1.807) is 6.08 Å². The van der Waals surface area contributed by atoms with Gasteiger partial charge in [0.2, 0.25) is 5.91 Å². The quantitative estimate of drug-likeness (QED) is 0.0321. The van der Waals surface area contributed by atoms with Crippen LogP contribution >= 0.6 is 0 Å². The summed E-state index contributed by atoms with van der Waals surface area (Å²) in [6.07, 6.45) is 73.2. The van der Waals surface area contributed by atoms with Crippen LogP contribution in [0.15, 0.2) is 36.5 Å². The number of esters is 1. The molecule has 0 aliphatic carbocycles. The molecule has 0 aliphatic heterocycles. The van der Waals surface area contributed by atoms with Gasteiger partial charge >= 0.3 is 5.97 Å². The number of hydrogen-bond donors (Lipinski definition) is 3. The summed E-state index contributed by atoms with van der Waals surface area (Å²) in [4.78, 5) is 24.5. The minimum atomic E-state index is -0.850. The first-order valence-corrected chi connectivity index (χ1v) is 30.8. The standard InChI is InChI=1S/C63H119NO5/c1-3-5-7-9-11-13-15-17-18-19-20-21-22-23-25-28-32-35-39-43-47-51-55-61(66)60(59-65)64-62(67)56-52-48-44-40-36-33-29-26-24-27-30-34-38-42-46-50-54-58-69-63(68)57-53-49-45-41-37-31-16-14-12-10-8-6-4-2/h8,10,14,16,51,55,60-61,65-66H,3-7,9,11-13,15,17-50,52-54,56-59H2,1-2H3,(H,64,67)/b10-8-,16-14-,55-51+. The van der Waals surface area contributed by atoms with Crippen LogP contribution in [-0.4, -0.2) is 47.4 Å². The first kappa shape index (κ1) is 67.1. The topological polar surface area (TPSA) is 95.9 Å². The van der Waals surface area contributed by atoms with E-state index in [-0.39, 0.29) is 18.5 Å². The van der Waals surface area contributed by atoms with Crippen molar-refractivity contribution in [3.05, 3.63) is 36.5 Å². The summed E-state index contributed by atoms with van der Waals surface area (Å²) in [5.74, 6) is -0.0818. The summed E-state index contributed by atoms with van der Waals surface area (Å²) >= 11 is 0. The van der Waals surface area contributed by atoms with Crippen molar-refractivity contribution in [2.75, 3.05) is 13.2 Å². The molecular formula is C63H119NO5. The lowest BCUT2D eigenvalue weighted by atomic mass is 10.0. The molecule has 0 spiro atoms. The van der Waals surface area contributed by atoms with Crippen LogP contribution in [0.1, 0.15) is 328 Å². The van der Waals surface area contributed by atoms with Gasteiger partial charge in [0.15, 0.2) is 0 Å². The number of rotatable bonds is 57. The molecule has 0 fully saturated rings. The van der Waals surface area contributed by atoms with Gasteiger partial charge in [-0.3, -0.25) is 9.59 Å². The first-order chi connectivity index (χ1) is 34.0. The van der Waals surface area contributed by atoms with E-state index >= 15 is 0 Å². The third-order valence-corrected chi connectivity index (χ3v) is 14.1. The van der Waals surface area contributed by atoms with Gasteiger partial charge in [0, 0.05) is 12.8 Å². The van der Waals surface area contributed by atoms with Crippen molar-refractivity contribution in [2.45, 2.75) is 341 Å². The van der Waals surface area contributed by atoms with Crippen molar-refractivity contribution in [2.24, 2.45) is 0 Å². The SMILES string of the molecule is CCC/C=C\C/C=C\CCCCCCCC(=O)OCCCCCCCCCCCCCCCCCCCC(=O)NC(CO)C(O)/C=C/CCCCCCCCCCCCCCCCCCCCCC. The minimum absolute atomic E-state index is 0.0107. The zero-order chi connectivity index (χ0) is 50.0. The van der Waals surface area contributed by atoms with Crippen LogP contribution in [-0.2, 0) is 14.3 Å². The minimum Gasteiger partial charge on any atom is -0.466 e. The van der Waals surface area contributed by atoms with Crippen LogP contribution in [0.2, 0.25) is 0 Å². The fraction of sp³-hybridized carbons (Fsp3) is 0.873. The molecular weight excluding hydrogens is 851 g/mol. The monoisotopic (exact) mass is 970 g/mol. The van der Waals surface area contributed by atoms with E-state index < -0.39 is 12.1 Å². The summed E-state index contributed by atoms with van der Waals surface area (Å²) in [7, 11) is 0. The van der Waals surface area contributed by atoms with E-state index in [9.17, 15) is 19.8 Å². The average molecular weight is 971 g/mol. The molecule has 406 valence electrons. The normalized spacial score (nSPS) is 12.8. The summed E-state index contributed by atoms with van der Waals surface area (Å²) in [6.45, 7) is 4.84. The molecule has 0 bridgehead atoms. The van der Waals surface area contributed by atoms with Crippen molar-refractivity contribution >= 4 is 11.9 Å². The number of hydrogen-bond acceptors (Lipinski definition) is 5. The van der Waals surface area contributed by atoms with Gasteiger partial charge in [0.05, 0.1) is 25.4 Å². The maximum atomic E-state index is 12.5. The smallest absolute Gasteiger partial charge is 0.305 e. The number of aliphatic hydroxyl groups is 2. The molecule has 0 saturated heterocycles. The van der Waals surface area contributed by atoms with E-state index in [4.69, 9.17) is 4.74 Å². The van der Waals surface area contributed by atoms with Crippen LogP contribution in [0.5, 0.6) is 0 Å². The van der Waals surface area contributed by atoms with Gasteiger partial charge < -0.3 is 20.3 Å². The van der Waals surface area contributed by atoms with Crippen molar-refractivity contribution in [3.8, 4) is 0 Å². The summed E-state index contributed by atoms with van der Waals surface area (Å²) in [5, 5.41) is 23.2.